The maximum Gasteiger partial charge on any atom is 0.375 e. The van der Waals surface area contributed by atoms with Crippen molar-refractivity contribution in [1.82, 2.24) is 0 Å². The molecule has 0 bridgehead atoms. The van der Waals surface area contributed by atoms with Crippen molar-refractivity contribution in [3.8, 4) is 5.75 Å². The number of non-ortho nitro benzene ring substituents is 1. The van der Waals surface area contributed by atoms with Crippen molar-refractivity contribution in [3.05, 3.63) is 69.0 Å². The fourth-order valence-electron chi connectivity index (χ4n) is 2.26. The number of benzene rings is 2. The molecule has 1 unspecified atom stereocenters. The van der Waals surface area contributed by atoms with Crippen LogP contribution < -0.4 is 4.74 Å². The molecule has 0 amide bonds. The summed E-state index contributed by atoms with van der Waals surface area (Å²) in [6.45, 7) is -0.662. The Kier molecular flexibility index (Phi) is 7.69. The summed E-state index contributed by atoms with van der Waals surface area (Å²) in [4.78, 5) is 22.6. The van der Waals surface area contributed by atoms with Crippen molar-refractivity contribution in [3.63, 3.8) is 0 Å². The maximum atomic E-state index is 13.1. The number of hydrogen-bond donors (Lipinski definition) is 0. The largest absolute Gasteiger partial charge is 0.480 e. The summed E-state index contributed by atoms with van der Waals surface area (Å²) >= 11 is 5.81. The molecule has 156 valence electrons. The first-order chi connectivity index (χ1) is 13.7. The third-order valence-corrected chi connectivity index (χ3v) is 5.94. The summed E-state index contributed by atoms with van der Waals surface area (Å²) < 4.78 is 46.0. The van der Waals surface area contributed by atoms with Gasteiger partial charge in [0.05, 0.1) is 9.95 Å². The molecular formula is C17H16ClFNO8P. The lowest BCUT2D eigenvalue weighted by Gasteiger charge is -2.24. The topological polar surface area (TPSA) is 114 Å². The molecule has 1 atom stereocenters. The molecule has 0 aliphatic rings. The number of halogens is 2. The minimum absolute atomic E-state index is 0.0265. The van der Waals surface area contributed by atoms with Gasteiger partial charge in [-0.05, 0) is 18.2 Å². The van der Waals surface area contributed by atoms with Crippen molar-refractivity contribution in [2.75, 3.05) is 20.8 Å². The zero-order valence-electron chi connectivity index (χ0n) is 15.2. The molecule has 12 heteroatoms. The van der Waals surface area contributed by atoms with E-state index in [1.54, 1.807) is 0 Å². The highest BCUT2D eigenvalue weighted by molar-refractivity contribution is 7.54. The second-order valence-corrected chi connectivity index (χ2v) is 8.15. The van der Waals surface area contributed by atoms with E-state index in [0.717, 1.165) is 32.4 Å². The molecule has 0 saturated heterocycles. The smallest absolute Gasteiger partial charge is 0.375 e. The molecule has 0 aromatic heterocycles. The number of nitrogens with zero attached hydrogens (tertiary/aromatic N) is 1. The number of hydrogen-bond acceptors (Lipinski definition) is 8. The van der Waals surface area contributed by atoms with Crippen LogP contribution in [0.2, 0.25) is 5.02 Å². The molecule has 2 aromatic carbocycles. The molecule has 0 aliphatic heterocycles. The van der Waals surface area contributed by atoms with E-state index in [1.807, 2.05) is 0 Å². The van der Waals surface area contributed by atoms with E-state index in [-0.39, 0.29) is 22.0 Å². The van der Waals surface area contributed by atoms with Gasteiger partial charge in [0.1, 0.15) is 11.6 Å². The van der Waals surface area contributed by atoms with Crippen LogP contribution in [-0.4, -0.2) is 31.7 Å². The van der Waals surface area contributed by atoms with Crippen molar-refractivity contribution in [1.29, 1.82) is 0 Å². The minimum atomic E-state index is -4.03. The number of esters is 1. The number of ether oxygens (including phenoxy) is 2. The van der Waals surface area contributed by atoms with Gasteiger partial charge >= 0.3 is 13.6 Å². The maximum absolute atomic E-state index is 13.1. The number of nitro benzene ring substituents is 1. The van der Waals surface area contributed by atoms with E-state index < -0.39 is 36.8 Å². The lowest BCUT2D eigenvalue weighted by Crippen LogP contribution is -2.19. The van der Waals surface area contributed by atoms with Gasteiger partial charge in [-0.2, -0.15) is 0 Å². The molecule has 0 heterocycles. The van der Waals surface area contributed by atoms with Gasteiger partial charge in [-0.1, -0.05) is 23.7 Å². The highest BCUT2D eigenvalue weighted by Gasteiger charge is 2.39. The Hall–Kier alpha value is -2.52. The molecular weight excluding hydrogens is 432 g/mol. The standard InChI is InChI=1S/C17H16ClFNO8P/c1-25-29(24,26-2)17(11-4-3-5-13(8-11)20(22)23)28-16(21)10-27-15-7-6-12(19)9-14(15)18/h3-9,17H,10H2,1-2H3. The Morgan fingerprint density at radius 3 is 2.52 bits per heavy atom. The molecule has 0 radical (unpaired) electrons. The van der Waals surface area contributed by atoms with Crippen molar-refractivity contribution >= 4 is 30.9 Å². The number of carbonyl (C=O) groups is 1. The van der Waals surface area contributed by atoms with Crippen LogP contribution in [-0.2, 0) is 23.1 Å². The van der Waals surface area contributed by atoms with Gasteiger partial charge in [-0.25, -0.2) is 9.18 Å². The van der Waals surface area contributed by atoms with Crippen LogP contribution in [0.25, 0.3) is 0 Å². The SMILES string of the molecule is COP(=O)(OC)C(OC(=O)COc1ccc(F)cc1Cl)c1cccc([N+](=O)[O-])c1. The third kappa shape index (κ3) is 5.74. The first kappa shape index (κ1) is 22.8. The summed E-state index contributed by atoms with van der Waals surface area (Å²) in [6, 6.07) is 8.30. The van der Waals surface area contributed by atoms with Crippen LogP contribution in [0.3, 0.4) is 0 Å². The lowest BCUT2D eigenvalue weighted by atomic mass is 10.2. The molecule has 0 saturated carbocycles. The minimum Gasteiger partial charge on any atom is -0.480 e. The average Bonchev–Trinajstić information content (AvgIpc) is 2.70. The van der Waals surface area contributed by atoms with Crippen LogP contribution in [0, 0.1) is 15.9 Å². The Morgan fingerprint density at radius 2 is 1.93 bits per heavy atom. The monoisotopic (exact) mass is 447 g/mol. The second kappa shape index (κ2) is 9.80. The predicted octanol–water partition coefficient (Wildman–Crippen LogP) is 4.49. The Bertz CT molecular complexity index is 949. The van der Waals surface area contributed by atoms with Crippen LogP contribution in [0.1, 0.15) is 11.4 Å². The summed E-state index contributed by atoms with van der Waals surface area (Å²) in [5.41, 5.74) is -0.281. The van der Waals surface area contributed by atoms with E-state index in [0.29, 0.717) is 0 Å². The van der Waals surface area contributed by atoms with E-state index in [9.17, 15) is 23.9 Å². The van der Waals surface area contributed by atoms with E-state index >= 15 is 0 Å². The number of rotatable bonds is 9. The summed E-state index contributed by atoms with van der Waals surface area (Å²) in [6.07, 6.45) is 0. The van der Waals surface area contributed by atoms with Gasteiger partial charge in [0.2, 0.25) is 5.85 Å². The van der Waals surface area contributed by atoms with E-state index in [1.165, 1.54) is 24.3 Å². The van der Waals surface area contributed by atoms with Crippen LogP contribution in [0.4, 0.5) is 10.1 Å². The van der Waals surface area contributed by atoms with Crippen LogP contribution in [0.5, 0.6) is 5.75 Å². The molecule has 0 aliphatic carbocycles. The van der Waals surface area contributed by atoms with Crippen LogP contribution in [0.15, 0.2) is 42.5 Å². The zero-order valence-corrected chi connectivity index (χ0v) is 16.9. The molecule has 2 aromatic rings. The second-order valence-electron chi connectivity index (χ2n) is 5.46. The van der Waals surface area contributed by atoms with Gasteiger partial charge in [-0.15, -0.1) is 0 Å². The Balaban J connectivity index is 2.23. The fourth-order valence-corrected chi connectivity index (χ4v) is 3.79. The summed E-state index contributed by atoms with van der Waals surface area (Å²) in [7, 11) is -1.86. The van der Waals surface area contributed by atoms with Crippen molar-refractivity contribution in [2.24, 2.45) is 0 Å². The Labute approximate surface area is 170 Å². The van der Waals surface area contributed by atoms with E-state index in [2.05, 4.69) is 0 Å². The first-order valence-corrected chi connectivity index (χ1v) is 9.92. The number of carbonyl (C=O) groups excluding carboxylic acids is 1. The summed E-state index contributed by atoms with van der Waals surface area (Å²) in [5, 5.41) is 10.9. The molecule has 2 rings (SSSR count). The van der Waals surface area contributed by atoms with Gasteiger partial charge in [-0.3, -0.25) is 14.7 Å². The third-order valence-electron chi connectivity index (χ3n) is 3.64. The molecule has 0 N–H and O–H groups in total. The fraction of sp³-hybridized carbons (Fsp3) is 0.235. The van der Waals surface area contributed by atoms with Gasteiger partial charge in [0.15, 0.2) is 6.61 Å². The van der Waals surface area contributed by atoms with Gasteiger partial charge in [0.25, 0.3) is 5.69 Å². The first-order valence-electron chi connectivity index (χ1n) is 7.93. The van der Waals surface area contributed by atoms with Crippen LogP contribution >= 0.6 is 19.2 Å². The molecule has 0 spiro atoms. The zero-order chi connectivity index (χ0) is 21.6. The quantitative estimate of drug-likeness (QED) is 0.239. The van der Waals surface area contributed by atoms with E-state index in [4.69, 9.17) is 30.1 Å². The van der Waals surface area contributed by atoms with Crippen molar-refractivity contribution < 1.29 is 37.2 Å². The highest BCUT2D eigenvalue weighted by atomic mass is 35.5. The normalized spacial score (nSPS) is 12.3. The Morgan fingerprint density at radius 1 is 1.24 bits per heavy atom. The van der Waals surface area contributed by atoms with Gasteiger partial charge < -0.3 is 18.5 Å². The summed E-state index contributed by atoms with van der Waals surface area (Å²) in [5.74, 6) is -3.14. The lowest BCUT2D eigenvalue weighted by molar-refractivity contribution is -0.385. The molecule has 9 nitrogen and oxygen atoms in total. The molecule has 0 fully saturated rings. The predicted molar refractivity (Wildman–Crippen MR) is 100 cm³/mol. The molecule has 29 heavy (non-hydrogen) atoms. The highest BCUT2D eigenvalue weighted by Crippen LogP contribution is 2.60. The van der Waals surface area contributed by atoms with Crippen molar-refractivity contribution in [2.45, 2.75) is 5.85 Å². The number of nitro groups is 1. The average molecular weight is 448 g/mol. The van der Waals surface area contributed by atoms with Gasteiger partial charge in [0, 0.05) is 31.9 Å².